The maximum absolute atomic E-state index is 12.4. The summed E-state index contributed by atoms with van der Waals surface area (Å²) >= 11 is 0. The number of carbonyl (C=O) groups is 2. The maximum Gasteiger partial charge on any atom is 0.330 e. The number of hydrogen-bond donors (Lipinski definition) is 1. The first-order chi connectivity index (χ1) is 10.1. The lowest BCUT2D eigenvalue weighted by Gasteiger charge is -2.26. The third-order valence-corrected chi connectivity index (χ3v) is 3.37. The fourth-order valence-corrected chi connectivity index (χ4v) is 2.19. The molecule has 0 bridgehead atoms. The number of ketones is 1. The van der Waals surface area contributed by atoms with E-state index in [4.69, 9.17) is 10.5 Å². The number of esters is 1. The molecule has 0 amide bonds. The van der Waals surface area contributed by atoms with Crippen LogP contribution in [0.2, 0.25) is 0 Å². The summed E-state index contributed by atoms with van der Waals surface area (Å²) in [5, 5.41) is 0. The number of nitrogens with two attached hydrogens (primary N) is 1. The third kappa shape index (κ3) is 3.17. The van der Waals surface area contributed by atoms with Crippen LogP contribution in [0.4, 0.5) is 0 Å². The standard InChI is InChI=1S/C17H17NO3/c1-21-16(20)17(18,14-10-6-3-7-11-14)12-15(19)13-8-4-2-5-9-13/h2-11H,12,18H2,1H3/t17-/m0/s1. The number of methoxy groups -OCH3 is 1. The fourth-order valence-electron chi connectivity index (χ4n) is 2.19. The van der Waals surface area contributed by atoms with Crippen molar-refractivity contribution in [3.8, 4) is 0 Å². The van der Waals surface area contributed by atoms with Crippen LogP contribution in [0.1, 0.15) is 22.3 Å². The zero-order valence-electron chi connectivity index (χ0n) is 11.8. The Bertz CT molecular complexity index is 625. The summed E-state index contributed by atoms with van der Waals surface area (Å²) in [6, 6.07) is 17.6. The van der Waals surface area contributed by atoms with Crippen LogP contribution in [-0.2, 0) is 15.1 Å². The van der Waals surface area contributed by atoms with Crippen LogP contribution >= 0.6 is 0 Å². The average molecular weight is 283 g/mol. The van der Waals surface area contributed by atoms with Crippen molar-refractivity contribution in [3.63, 3.8) is 0 Å². The first-order valence-electron chi connectivity index (χ1n) is 6.59. The van der Waals surface area contributed by atoms with Crippen LogP contribution in [-0.4, -0.2) is 18.9 Å². The summed E-state index contributed by atoms with van der Waals surface area (Å²) in [6.07, 6.45) is -0.145. The van der Waals surface area contributed by atoms with Gasteiger partial charge in [0.15, 0.2) is 5.78 Å². The topological polar surface area (TPSA) is 69.4 Å². The molecule has 0 saturated heterocycles. The van der Waals surface area contributed by atoms with E-state index in [1.165, 1.54) is 7.11 Å². The molecule has 4 heteroatoms. The SMILES string of the molecule is COC(=O)[C@](N)(CC(=O)c1ccccc1)c1ccccc1. The minimum Gasteiger partial charge on any atom is -0.467 e. The predicted octanol–water partition coefficient (Wildman–Crippen LogP) is 2.29. The van der Waals surface area contributed by atoms with Gasteiger partial charge in [0, 0.05) is 12.0 Å². The van der Waals surface area contributed by atoms with E-state index in [1.54, 1.807) is 48.5 Å². The summed E-state index contributed by atoms with van der Waals surface area (Å²) in [6.45, 7) is 0. The second kappa shape index (κ2) is 6.33. The molecule has 0 spiro atoms. The zero-order valence-corrected chi connectivity index (χ0v) is 11.8. The molecule has 0 heterocycles. The van der Waals surface area contributed by atoms with Crippen LogP contribution in [0.5, 0.6) is 0 Å². The molecule has 0 aliphatic heterocycles. The number of Topliss-reactive ketones (excluding diaryl/α,β-unsaturated/α-hetero) is 1. The van der Waals surface area contributed by atoms with E-state index >= 15 is 0 Å². The largest absolute Gasteiger partial charge is 0.467 e. The molecule has 0 aliphatic carbocycles. The van der Waals surface area contributed by atoms with Crippen molar-refractivity contribution < 1.29 is 14.3 Å². The molecule has 0 radical (unpaired) electrons. The average Bonchev–Trinajstić information content (AvgIpc) is 2.55. The number of benzene rings is 2. The summed E-state index contributed by atoms with van der Waals surface area (Å²) in [4.78, 5) is 24.5. The van der Waals surface area contributed by atoms with Gasteiger partial charge in [0.05, 0.1) is 7.11 Å². The van der Waals surface area contributed by atoms with Crippen LogP contribution in [0, 0.1) is 0 Å². The van der Waals surface area contributed by atoms with Gasteiger partial charge in [-0.25, -0.2) is 4.79 Å². The lowest BCUT2D eigenvalue weighted by molar-refractivity contribution is -0.147. The molecule has 2 rings (SSSR count). The number of hydrogen-bond acceptors (Lipinski definition) is 4. The van der Waals surface area contributed by atoms with Crippen molar-refractivity contribution in [1.29, 1.82) is 0 Å². The van der Waals surface area contributed by atoms with E-state index in [9.17, 15) is 9.59 Å². The molecule has 0 aliphatic rings. The first kappa shape index (κ1) is 14.9. The second-order valence-corrected chi connectivity index (χ2v) is 4.79. The van der Waals surface area contributed by atoms with Crippen molar-refractivity contribution in [3.05, 3.63) is 71.8 Å². The Morgan fingerprint density at radius 1 is 1.00 bits per heavy atom. The van der Waals surface area contributed by atoms with Crippen molar-refractivity contribution in [1.82, 2.24) is 0 Å². The van der Waals surface area contributed by atoms with Crippen LogP contribution in [0.15, 0.2) is 60.7 Å². The van der Waals surface area contributed by atoms with Crippen LogP contribution < -0.4 is 5.73 Å². The summed E-state index contributed by atoms with van der Waals surface area (Å²) < 4.78 is 4.79. The van der Waals surface area contributed by atoms with E-state index in [1.807, 2.05) is 12.1 Å². The highest BCUT2D eigenvalue weighted by Crippen LogP contribution is 2.25. The van der Waals surface area contributed by atoms with Crippen molar-refractivity contribution in [2.24, 2.45) is 5.73 Å². The minimum atomic E-state index is -1.48. The molecular formula is C17H17NO3. The Hall–Kier alpha value is -2.46. The van der Waals surface area contributed by atoms with Gasteiger partial charge in [0.1, 0.15) is 5.54 Å². The van der Waals surface area contributed by atoms with Crippen molar-refractivity contribution in [2.45, 2.75) is 12.0 Å². The highest BCUT2D eigenvalue weighted by atomic mass is 16.5. The van der Waals surface area contributed by atoms with Gasteiger partial charge in [-0.2, -0.15) is 0 Å². The van der Waals surface area contributed by atoms with Gasteiger partial charge in [-0.15, -0.1) is 0 Å². The van der Waals surface area contributed by atoms with Crippen molar-refractivity contribution in [2.75, 3.05) is 7.11 Å². The van der Waals surface area contributed by atoms with Crippen molar-refractivity contribution >= 4 is 11.8 Å². The quantitative estimate of drug-likeness (QED) is 0.675. The monoisotopic (exact) mass is 283 g/mol. The Labute approximate surface area is 123 Å². The predicted molar refractivity (Wildman–Crippen MR) is 79.7 cm³/mol. The van der Waals surface area contributed by atoms with E-state index in [0.717, 1.165) is 0 Å². The summed E-state index contributed by atoms with van der Waals surface area (Å²) in [7, 11) is 1.26. The molecule has 0 aromatic heterocycles. The van der Waals surface area contributed by atoms with E-state index < -0.39 is 11.5 Å². The fraction of sp³-hybridized carbons (Fsp3) is 0.176. The number of rotatable bonds is 5. The molecule has 108 valence electrons. The molecule has 4 nitrogen and oxygen atoms in total. The molecule has 1 atom stereocenters. The van der Waals surface area contributed by atoms with Gasteiger partial charge in [-0.1, -0.05) is 60.7 Å². The Morgan fingerprint density at radius 3 is 2.05 bits per heavy atom. The van der Waals surface area contributed by atoms with Gasteiger partial charge >= 0.3 is 5.97 Å². The zero-order chi connectivity index (χ0) is 15.3. The third-order valence-electron chi connectivity index (χ3n) is 3.37. The summed E-state index contributed by atoms with van der Waals surface area (Å²) in [5.74, 6) is -0.828. The molecule has 21 heavy (non-hydrogen) atoms. The summed E-state index contributed by atoms with van der Waals surface area (Å²) in [5.41, 5.74) is 5.81. The highest BCUT2D eigenvalue weighted by Gasteiger charge is 2.39. The normalized spacial score (nSPS) is 13.2. The van der Waals surface area contributed by atoms with Crippen LogP contribution in [0.3, 0.4) is 0 Å². The van der Waals surface area contributed by atoms with Gasteiger partial charge in [0.25, 0.3) is 0 Å². The van der Waals surface area contributed by atoms with Gasteiger partial charge in [-0.05, 0) is 5.56 Å². The lowest BCUT2D eigenvalue weighted by Crippen LogP contribution is -2.47. The maximum atomic E-state index is 12.4. The van der Waals surface area contributed by atoms with E-state index in [-0.39, 0.29) is 12.2 Å². The Morgan fingerprint density at radius 2 is 1.52 bits per heavy atom. The Balaban J connectivity index is 2.34. The van der Waals surface area contributed by atoms with Gasteiger partial charge in [0.2, 0.25) is 0 Å². The molecule has 0 unspecified atom stereocenters. The lowest BCUT2D eigenvalue weighted by atomic mass is 9.84. The molecule has 2 aromatic rings. The molecular weight excluding hydrogens is 266 g/mol. The molecule has 0 saturated carbocycles. The number of ether oxygens (including phenoxy) is 1. The first-order valence-corrected chi connectivity index (χ1v) is 6.59. The molecule has 0 fully saturated rings. The van der Waals surface area contributed by atoms with E-state index in [2.05, 4.69) is 0 Å². The van der Waals surface area contributed by atoms with Crippen LogP contribution in [0.25, 0.3) is 0 Å². The van der Waals surface area contributed by atoms with Gasteiger partial charge < -0.3 is 10.5 Å². The minimum absolute atomic E-state index is 0.145. The van der Waals surface area contributed by atoms with E-state index in [0.29, 0.717) is 11.1 Å². The number of carbonyl (C=O) groups excluding carboxylic acids is 2. The Kier molecular flexibility index (Phi) is 4.50. The second-order valence-electron chi connectivity index (χ2n) is 4.79. The smallest absolute Gasteiger partial charge is 0.330 e. The molecule has 2 aromatic carbocycles. The van der Waals surface area contributed by atoms with Gasteiger partial charge in [-0.3, -0.25) is 4.79 Å². The molecule has 2 N–H and O–H groups in total. The highest BCUT2D eigenvalue weighted by molar-refractivity contribution is 6.00.